The second kappa shape index (κ2) is 4.90. The van der Waals surface area contributed by atoms with E-state index in [1.54, 1.807) is 19.4 Å². The summed E-state index contributed by atoms with van der Waals surface area (Å²) in [4.78, 5) is 0. The van der Waals surface area contributed by atoms with Crippen molar-refractivity contribution in [1.82, 2.24) is 0 Å². The predicted octanol–water partition coefficient (Wildman–Crippen LogP) is 2.82. The summed E-state index contributed by atoms with van der Waals surface area (Å²) in [5.74, 6) is 0. The third-order valence-electron chi connectivity index (χ3n) is 2.36. The molecule has 0 aromatic carbocycles. The second-order valence-electron chi connectivity index (χ2n) is 4.44. The Morgan fingerprint density at radius 2 is 1.79 bits per heavy atom. The van der Waals surface area contributed by atoms with Gasteiger partial charge >= 0.3 is 94.9 Å². The summed E-state index contributed by atoms with van der Waals surface area (Å²) in [5.41, 5.74) is 0. The molecule has 0 saturated heterocycles. The second-order valence-corrected chi connectivity index (χ2v) is 12.6. The van der Waals surface area contributed by atoms with E-state index in [4.69, 9.17) is 6.64 Å². The van der Waals surface area contributed by atoms with Crippen LogP contribution in [-0.2, 0) is 25.3 Å². The fraction of sp³-hybridized carbons (Fsp3) is 0.600. The van der Waals surface area contributed by atoms with Gasteiger partial charge in [-0.25, -0.2) is 0 Å². The molecule has 0 aromatic rings. The Morgan fingerprint density at radius 1 is 1.21 bits per heavy atom. The van der Waals surface area contributed by atoms with Crippen molar-refractivity contribution in [2.45, 2.75) is 26.1 Å². The van der Waals surface area contributed by atoms with E-state index in [0.29, 0.717) is 0 Å². The van der Waals surface area contributed by atoms with Crippen LogP contribution in [0, 0.1) is 0 Å². The molecule has 0 aliphatic heterocycles. The first-order valence-electron chi connectivity index (χ1n) is 4.86. The van der Waals surface area contributed by atoms with Gasteiger partial charge in [0, 0.05) is 0 Å². The number of rotatable bonds is 4. The van der Waals surface area contributed by atoms with Gasteiger partial charge in [0.25, 0.3) is 0 Å². The van der Waals surface area contributed by atoms with Gasteiger partial charge in [-0.1, -0.05) is 0 Å². The summed E-state index contributed by atoms with van der Waals surface area (Å²) in [6.07, 6.45) is 5.58. The zero-order chi connectivity index (χ0) is 10.8. The Bertz CT molecular complexity index is 262. The van der Waals surface area contributed by atoms with Crippen LogP contribution in [0.2, 0.25) is 19.6 Å². The molecule has 0 unspecified atom stereocenters. The van der Waals surface area contributed by atoms with Gasteiger partial charge in [0.15, 0.2) is 0 Å². The van der Waals surface area contributed by atoms with Crippen molar-refractivity contribution in [2.24, 2.45) is 0 Å². The first kappa shape index (κ1) is 12.4. The summed E-state index contributed by atoms with van der Waals surface area (Å²) in [6, 6.07) is 0. The van der Waals surface area contributed by atoms with E-state index in [-0.39, 0.29) is 0 Å². The monoisotopic (exact) mass is 247 g/mol. The van der Waals surface area contributed by atoms with Gasteiger partial charge in [-0.05, 0) is 0 Å². The molecule has 0 spiro atoms. The predicted molar refractivity (Wildman–Crippen MR) is 58.1 cm³/mol. The average molecular weight is 247 g/mol. The molecule has 1 aliphatic carbocycles. The quantitative estimate of drug-likeness (QED) is 0.711. The Morgan fingerprint density at radius 3 is 2.21 bits per heavy atom. The molecule has 0 heterocycles. The molecule has 79 valence electrons. The molecular formula is C10H19O2SiTi. The summed E-state index contributed by atoms with van der Waals surface area (Å²) in [7, 11) is 2.33. The standard InChI is InChI=1S/C8H13Si.2CH3O.Ti/c1-9(2,3)8-6-4-5-7-8;2*1-2;/h4,6H,5H2,1-3H3;2*1H3;/q;2*-1;+2. The third kappa shape index (κ3) is 2.67. The van der Waals surface area contributed by atoms with E-state index in [0.717, 1.165) is 6.42 Å². The van der Waals surface area contributed by atoms with Crippen molar-refractivity contribution < 1.29 is 25.3 Å². The number of hydrogen-bond donors (Lipinski definition) is 0. The van der Waals surface area contributed by atoms with Crippen LogP contribution in [0.3, 0.4) is 0 Å². The Balaban J connectivity index is 2.96. The minimum absolute atomic E-state index is 1.05. The van der Waals surface area contributed by atoms with Crippen molar-refractivity contribution in [2.75, 3.05) is 14.2 Å². The SMILES string of the molecule is C[O][Ti]([O]C)[C]1=C([Si](C)(C)C)C=CC1. The average Bonchev–Trinajstić information content (AvgIpc) is 2.54. The maximum atomic E-state index is 5.48. The fourth-order valence-electron chi connectivity index (χ4n) is 1.73. The van der Waals surface area contributed by atoms with Crippen LogP contribution in [0.25, 0.3) is 0 Å². The molecule has 1 aliphatic rings. The fourth-order valence-corrected chi connectivity index (χ4v) is 7.48. The van der Waals surface area contributed by atoms with E-state index in [1.165, 1.54) is 3.88 Å². The van der Waals surface area contributed by atoms with E-state index < -0.39 is 26.7 Å². The molecule has 1 rings (SSSR count). The van der Waals surface area contributed by atoms with Crippen molar-refractivity contribution in [3.05, 3.63) is 21.2 Å². The summed E-state index contributed by atoms with van der Waals surface area (Å²) < 4.78 is 12.4. The van der Waals surface area contributed by atoms with E-state index in [1.807, 2.05) is 0 Å². The van der Waals surface area contributed by atoms with Gasteiger partial charge in [-0.3, -0.25) is 0 Å². The first-order chi connectivity index (χ1) is 6.50. The molecule has 2 nitrogen and oxygen atoms in total. The van der Waals surface area contributed by atoms with E-state index in [9.17, 15) is 0 Å². The van der Waals surface area contributed by atoms with Crippen LogP contribution in [0.15, 0.2) is 21.2 Å². The zero-order valence-corrected chi connectivity index (χ0v) is 12.2. The molecule has 0 fully saturated rings. The summed E-state index contributed by atoms with van der Waals surface area (Å²) in [5, 5.41) is 1.55. The number of allylic oxidation sites excluding steroid dienone is 4. The van der Waals surface area contributed by atoms with Gasteiger partial charge < -0.3 is 0 Å². The van der Waals surface area contributed by atoms with Gasteiger partial charge in [-0.2, -0.15) is 0 Å². The van der Waals surface area contributed by atoms with Crippen molar-refractivity contribution in [1.29, 1.82) is 0 Å². The normalized spacial score (nSPS) is 16.6. The topological polar surface area (TPSA) is 18.5 Å². The molecule has 0 atom stereocenters. The van der Waals surface area contributed by atoms with Gasteiger partial charge in [0.2, 0.25) is 0 Å². The first-order valence-corrected chi connectivity index (χ1v) is 10.4. The van der Waals surface area contributed by atoms with Crippen molar-refractivity contribution in [3.63, 3.8) is 0 Å². The van der Waals surface area contributed by atoms with E-state index in [2.05, 4.69) is 31.8 Å². The third-order valence-corrected chi connectivity index (χ3v) is 7.50. The molecule has 0 amide bonds. The molecular weight excluding hydrogens is 228 g/mol. The number of hydrogen-bond acceptors (Lipinski definition) is 2. The molecule has 0 bridgehead atoms. The zero-order valence-electron chi connectivity index (χ0n) is 9.68. The molecule has 4 heteroatoms. The Kier molecular flexibility index (Phi) is 4.34. The Hall–Kier alpha value is 0.331. The maximum absolute atomic E-state index is 5.48. The van der Waals surface area contributed by atoms with Crippen LogP contribution in [0.5, 0.6) is 0 Å². The van der Waals surface area contributed by atoms with Crippen LogP contribution in [0.1, 0.15) is 6.42 Å². The van der Waals surface area contributed by atoms with Crippen LogP contribution < -0.4 is 0 Å². The minimum atomic E-state index is -1.83. The molecule has 14 heavy (non-hydrogen) atoms. The van der Waals surface area contributed by atoms with E-state index >= 15 is 0 Å². The van der Waals surface area contributed by atoms with Crippen LogP contribution in [0.4, 0.5) is 0 Å². The van der Waals surface area contributed by atoms with Crippen molar-refractivity contribution in [3.8, 4) is 0 Å². The van der Waals surface area contributed by atoms with Gasteiger partial charge in [0.1, 0.15) is 0 Å². The molecule has 0 aromatic heterocycles. The molecule has 0 N–H and O–H groups in total. The Labute approximate surface area is 94.8 Å². The van der Waals surface area contributed by atoms with Crippen LogP contribution in [-0.4, -0.2) is 22.3 Å². The summed E-state index contributed by atoms with van der Waals surface area (Å²) in [6.45, 7) is 7.12. The van der Waals surface area contributed by atoms with Gasteiger partial charge in [0.05, 0.1) is 0 Å². The van der Waals surface area contributed by atoms with Crippen molar-refractivity contribution >= 4 is 8.07 Å². The molecule has 0 radical (unpaired) electrons. The van der Waals surface area contributed by atoms with Crippen LogP contribution >= 0.6 is 0 Å². The van der Waals surface area contributed by atoms with Gasteiger partial charge in [-0.15, -0.1) is 0 Å². The molecule has 0 saturated carbocycles. The summed E-state index contributed by atoms with van der Waals surface area (Å²) >= 11 is -1.83.